The average molecular weight is 170 g/mol. The molecule has 0 aromatic heterocycles. The predicted molar refractivity (Wildman–Crippen MR) is 43.2 cm³/mol. The summed E-state index contributed by atoms with van der Waals surface area (Å²) >= 11 is 0. The highest BCUT2D eigenvalue weighted by molar-refractivity contribution is 5.77. The molecule has 0 heterocycles. The quantitative estimate of drug-likeness (QED) is 0.410. The van der Waals surface area contributed by atoms with Crippen LogP contribution in [-0.4, -0.2) is 16.6 Å². The van der Waals surface area contributed by atoms with E-state index in [1.54, 1.807) is 0 Å². The van der Waals surface area contributed by atoms with Crippen molar-refractivity contribution in [1.29, 1.82) is 0 Å². The summed E-state index contributed by atoms with van der Waals surface area (Å²) in [6.07, 6.45) is 4.26. The molecule has 3 fully saturated rings. The smallest absolute Gasteiger partial charge is 0.309 e. The summed E-state index contributed by atoms with van der Waals surface area (Å²) in [6.45, 7) is 0. The fourth-order valence-electron chi connectivity index (χ4n) is 2.79. The first-order valence-electron chi connectivity index (χ1n) is 4.34. The van der Waals surface area contributed by atoms with E-state index in [0.29, 0.717) is 12.8 Å². The van der Waals surface area contributed by atoms with Gasteiger partial charge >= 0.3 is 5.97 Å². The third kappa shape index (κ3) is 0.820. The number of nitrogens with two attached hydrogens (primary N) is 1. The molecule has 3 saturated carbocycles. The van der Waals surface area contributed by atoms with E-state index in [0.717, 1.165) is 19.3 Å². The molecule has 68 valence electrons. The number of hydrazine groups is 1. The second-order valence-electron chi connectivity index (χ2n) is 4.22. The van der Waals surface area contributed by atoms with Crippen molar-refractivity contribution >= 4 is 5.97 Å². The van der Waals surface area contributed by atoms with Gasteiger partial charge in [-0.3, -0.25) is 16.1 Å². The standard InChI is InChI=1S/C8H14N2O2/c9-10-8-3-1-2-7(4-8,5-8)6(11)12/h10H,1-5,9H2,(H,11,12). The molecule has 0 spiro atoms. The van der Waals surface area contributed by atoms with Gasteiger partial charge in [-0.2, -0.15) is 0 Å². The zero-order valence-electron chi connectivity index (χ0n) is 6.97. The molecule has 0 atom stereocenters. The van der Waals surface area contributed by atoms with Crippen LogP contribution in [-0.2, 0) is 4.79 Å². The van der Waals surface area contributed by atoms with Crippen molar-refractivity contribution in [3.63, 3.8) is 0 Å². The van der Waals surface area contributed by atoms with Crippen LogP contribution in [0.4, 0.5) is 0 Å². The van der Waals surface area contributed by atoms with Gasteiger partial charge in [0.1, 0.15) is 0 Å². The summed E-state index contributed by atoms with van der Waals surface area (Å²) < 4.78 is 0. The number of aliphatic carboxylic acids is 1. The van der Waals surface area contributed by atoms with Crippen molar-refractivity contribution in [2.75, 3.05) is 0 Å². The Morgan fingerprint density at radius 1 is 1.42 bits per heavy atom. The zero-order valence-corrected chi connectivity index (χ0v) is 6.97. The second-order valence-corrected chi connectivity index (χ2v) is 4.22. The number of carbonyl (C=O) groups is 1. The number of hydrogen-bond donors (Lipinski definition) is 3. The topological polar surface area (TPSA) is 75.3 Å². The van der Waals surface area contributed by atoms with E-state index in [1.807, 2.05) is 0 Å². The maximum atomic E-state index is 10.9. The van der Waals surface area contributed by atoms with Crippen LogP contribution in [0.2, 0.25) is 0 Å². The normalized spacial score (nSPS) is 45.1. The van der Waals surface area contributed by atoms with Crippen LogP contribution in [0.5, 0.6) is 0 Å². The molecule has 4 heteroatoms. The Balaban J connectivity index is 2.13. The minimum atomic E-state index is -0.645. The minimum Gasteiger partial charge on any atom is -0.481 e. The molecule has 3 rings (SSSR count). The van der Waals surface area contributed by atoms with Gasteiger partial charge in [0.2, 0.25) is 0 Å². The van der Waals surface area contributed by atoms with E-state index < -0.39 is 11.4 Å². The van der Waals surface area contributed by atoms with Crippen LogP contribution in [0.15, 0.2) is 0 Å². The van der Waals surface area contributed by atoms with Crippen molar-refractivity contribution in [1.82, 2.24) is 5.43 Å². The summed E-state index contributed by atoms with van der Waals surface area (Å²) in [5.41, 5.74) is 2.28. The summed E-state index contributed by atoms with van der Waals surface area (Å²) in [7, 11) is 0. The van der Waals surface area contributed by atoms with Gasteiger partial charge < -0.3 is 5.11 Å². The molecule has 2 bridgehead atoms. The highest BCUT2D eigenvalue weighted by Crippen LogP contribution is 2.57. The summed E-state index contributed by atoms with van der Waals surface area (Å²) in [6, 6.07) is 0. The van der Waals surface area contributed by atoms with Crippen molar-refractivity contribution in [3.05, 3.63) is 0 Å². The van der Waals surface area contributed by atoms with Gasteiger partial charge in [-0.15, -0.1) is 0 Å². The Morgan fingerprint density at radius 2 is 2.08 bits per heavy atom. The number of carboxylic acids is 1. The Bertz CT molecular complexity index is 221. The monoisotopic (exact) mass is 170 g/mol. The van der Waals surface area contributed by atoms with Gasteiger partial charge in [-0.25, -0.2) is 0 Å². The highest BCUT2D eigenvalue weighted by Gasteiger charge is 2.60. The van der Waals surface area contributed by atoms with Crippen LogP contribution in [0, 0.1) is 5.41 Å². The van der Waals surface area contributed by atoms with Crippen LogP contribution in [0.3, 0.4) is 0 Å². The second kappa shape index (κ2) is 2.20. The first kappa shape index (κ1) is 8.01. The van der Waals surface area contributed by atoms with Crippen molar-refractivity contribution < 1.29 is 9.90 Å². The van der Waals surface area contributed by atoms with E-state index in [-0.39, 0.29) is 5.54 Å². The van der Waals surface area contributed by atoms with Crippen molar-refractivity contribution in [2.45, 2.75) is 37.6 Å². The molecule has 0 aliphatic heterocycles. The van der Waals surface area contributed by atoms with Crippen molar-refractivity contribution in [2.24, 2.45) is 11.3 Å². The van der Waals surface area contributed by atoms with Gasteiger partial charge in [0.15, 0.2) is 0 Å². The number of fused-ring (bicyclic) bond motifs is 2. The summed E-state index contributed by atoms with van der Waals surface area (Å²) in [4.78, 5) is 10.9. The molecular formula is C8H14N2O2. The number of hydrogen-bond acceptors (Lipinski definition) is 3. The molecule has 0 amide bonds. The van der Waals surface area contributed by atoms with Gasteiger partial charge in [0.25, 0.3) is 0 Å². The van der Waals surface area contributed by atoms with Gasteiger partial charge in [-0.1, -0.05) is 6.42 Å². The van der Waals surface area contributed by atoms with E-state index >= 15 is 0 Å². The van der Waals surface area contributed by atoms with E-state index in [9.17, 15) is 4.79 Å². The number of nitrogens with one attached hydrogen (secondary N) is 1. The Kier molecular flexibility index (Phi) is 1.47. The molecule has 3 aliphatic rings. The average Bonchev–Trinajstić information content (AvgIpc) is 2.03. The fourth-order valence-corrected chi connectivity index (χ4v) is 2.79. The van der Waals surface area contributed by atoms with Crippen LogP contribution in [0.25, 0.3) is 0 Å². The van der Waals surface area contributed by atoms with Crippen LogP contribution in [0.1, 0.15) is 32.1 Å². The van der Waals surface area contributed by atoms with Gasteiger partial charge in [0.05, 0.1) is 5.41 Å². The van der Waals surface area contributed by atoms with Crippen LogP contribution >= 0.6 is 0 Å². The maximum Gasteiger partial charge on any atom is 0.309 e. The van der Waals surface area contributed by atoms with Crippen LogP contribution < -0.4 is 11.3 Å². The lowest BCUT2D eigenvalue weighted by Gasteiger charge is -2.57. The first-order chi connectivity index (χ1) is 5.63. The summed E-state index contributed by atoms with van der Waals surface area (Å²) in [5, 5.41) is 8.98. The maximum absolute atomic E-state index is 10.9. The molecular weight excluding hydrogens is 156 g/mol. The van der Waals surface area contributed by atoms with Gasteiger partial charge in [0, 0.05) is 5.54 Å². The van der Waals surface area contributed by atoms with E-state index in [2.05, 4.69) is 5.43 Å². The third-order valence-corrected chi connectivity index (χ3v) is 3.42. The molecule has 0 aromatic rings. The minimum absolute atomic E-state index is 0.0450. The Hall–Kier alpha value is -0.610. The lowest BCUT2D eigenvalue weighted by molar-refractivity contribution is -0.168. The largest absolute Gasteiger partial charge is 0.481 e. The molecule has 0 radical (unpaired) electrons. The van der Waals surface area contributed by atoms with E-state index in [1.165, 1.54) is 0 Å². The summed E-state index contributed by atoms with van der Waals surface area (Å²) in [5.74, 6) is 4.75. The first-order valence-corrected chi connectivity index (χ1v) is 4.34. The fraction of sp³-hybridized carbons (Fsp3) is 0.875. The molecule has 4 N–H and O–H groups in total. The molecule has 4 nitrogen and oxygen atoms in total. The molecule has 0 unspecified atom stereocenters. The number of carboxylic acid groups (broad SMARTS) is 1. The lowest BCUT2D eigenvalue weighted by atomic mass is 9.50. The third-order valence-electron chi connectivity index (χ3n) is 3.42. The predicted octanol–water partition coefficient (Wildman–Crippen LogP) is 0.237. The highest BCUT2D eigenvalue weighted by atomic mass is 16.4. The van der Waals surface area contributed by atoms with Gasteiger partial charge in [-0.05, 0) is 25.7 Å². The molecule has 3 aliphatic carbocycles. The SMILES string of the molecule is NNC12CCCC(C(=O)O)(C1)C2. The molecule has 0 aromatic carbocycles. The Labute approximate surface area is 71.1 Å². The van der Waals surface area contributed by atoms with E-state index in [4.69, 9.17) is 10.9 Å². The zero-order chi connectivity index (χ0) is 8.82. The van der Waals surface area contributed by atoms with Crippen molar-refractivity contribution in [3.8, 4) is 0 Å². The lowest BCUT2D eigenvalue weighted by Crippen LogP contribution is -2.67. The Morgan fingerprint density at radius 3 is 2.58 bits per heavy atom. The molecule has 12 heavy (non-hydrogen) atoms. The number of rotatable bonds is 2. The molecule has 0 saturated heterocycles.